The number of rotatable bonds is 10. The number of amides is 1. The van der Waals surface area contributed by atoms with Crippen LogP contribution in [0.1, 0.15) is 54.2 Å². The van der Waals surface area contributed by atoms with Crippen LogP contribution in [0.15, 0.2) is 72.9 Å². The third-order valence-corrected chi connectivity index (χ3v) is 5.15. The number of hydrogen-bond donors (Lipinski definition) is 1. The fraction of sp³-hybridized carbons (Fsp3) is 0.308. The maximum Gasteiger partial charge on any atom is 0.251 e. The Balaban J connectivity index is 1.50. The van der Waals surface area contributed by atoms with Gasteiger partial charge >= 0.3 is 0 Å². The van der Waals surface area contributed by atoms with E-state index < -0.39 is 0 Å². The predicted octanol–water partition coefficient (Wildman–Crippen LogP) is 5.84. The number of carbonyl (C=O) groups is 1. The number of carbonyl (C=O) groups excluding carboxylic acids is 1. The SMILES string of the molecule is CCCCCCc1ccc(-c2ccc(C(=O)NCCc3ccccn3)cc2)cc1. The van der Waals surface area contributed by atoms with Crippen molar-refractivity contribution < 1.29 is 4.79 Å². The van der Waals surface area contributed by atoms with Crippen LogP contribution in [0.25, 0.3) is 11.1 Å². The highest BCUT2D eigenvalue weighted by Crippen LogP contribution is 2.21. The predicted molar refractivity (Wildman–Crippen MR) is 120 cm³/mol. The van der Waals surface area contributed by atoms with E-state index in [-0.39, 0.29) is 5.91 Å². The molecular formula is C26H30N2O. The molecule has 0 spiro atoms. The second-order valence-electron chi connectivity index (χ2n) is 7.41. The van der Waals surface area contributed by atoms with Crippen molar-refractivity contribution in [2.24, 2.45) is 0 Å². The number of unbranched alkanes of at least 4 members (excludes halogenated alkanes) is 3. The highest BCUT2D eigenvalue weighted by Gasteiger charge is 2.06. The highest BCUT2D eigenvalue weighted by molar-refractivity contribution is 5.94. The molecular weight excluding hydrogens is 356 g/mol. The van der Waals surface area contributed by atoms with E-state index in [0.717, 1.165) is 24.1 Å². The number of nitrogens with zero attached hydrogens (tertiary/aromatic N) is 1. The molecule has 150 valence electrons. The molecule has 3 rings (SSSR count). The molecule has 0 fully saturated rings. The fourth-order valence-corrected chi connectivity index (χ4v) is 3.39. The molecule has 0 radical (unpaired) electrons. The lowest BCUT2D eigenvalue weighted by atomic mass is 10.00. The summed E-state index contributed by atoms with van der Waals surface area (Å²) in [5.74, 6) is -0.0464. The van der Waals surface area contributed by atoms with Gasteiger partial charge in [0.25, 0.3) is 5.91 Å². The van der Waals surface area contributed by atoms with Crippen molar-refractivity contribution in [2.45, 2.75) is 45.4 Å². The minimum atomic E-state index is -0.0464. The maximum absolute atomic E-state index is 12.3. The van der Waals surface area contributed by atoms with Gasteiger partial charge in [0.1, 0.15) is 0 Å². The molecule has 0 unspecified atom stereocenters. The van der Waals surface area contributed by atoms with Gasteiger partial charge in [-0.15, -0.1) is 0 Å². The van der Waals surface area contributed by atoms with Crippen molar-refractivity contribution >= 4 is 5.91 Å². The lowest BCUT2D eigenvalue weighted by Gasteiger charge is -2.07. The average Bonchev–Trinajstić information content (AvgIpc) is 2.78. The number of nitrogens with one attached hydrogen (secondary N) is 1. The first-order valence-corrected chi connectivity index (χ1v) is 10.6. The van der Waals surface area contributed by atoms with Gasteiger partial charge in [-0.3, -0.25) is 9.78 Å². The zero-order valence-electron chi connectivity index (χ0n) is 17.2. The largest absolute Gasteiger partial charge is 0.352 e. The Labute approximate surface area is 174 Å². The summed E-state index contributed by atoms with van der Waals surface area (Å²) in [6.45, 7) is 2.82. The van der Waals surface area contributed by atoms with Crippen molar-refractivity contribution in [1.82, 2.24) is 10.3 Å². The van der Waals surface area contributed by atoms with E-state index in [2.05, 4.69) is 41.5 Å². The fourth-order valence-electron chi connectivity index (χ4n) is 3.39. The molecule has 3 aromatic rings. The van der Waals surface area contributed by atoms with Crippen LogP contribution in [-0.2, 0) is 12.8 Å². The Morgan fingerprint density at radius 1 is 0.828 bits per heavy atom. The van der Waals surface area contributed by atoms with E-state index in [1.807, 2.05) is 42.5 Å². The normalized spacial score (nSPS) is 10.7. The van der Waals surface area contributed by atoms with Gasteiger partial charge in [0.15, 0.2) is 0 Å². The quantitative estimate of drug-likeness (QED) is 0.445. The van der Waals surface area contributed by atoms with Gasteiger partial charge in [0.2, 0.25) is 0 Å². The molecule has 1 N–H and O–H groups in total. The average molecular weight is 387 g/mol. The minimum absolute atomic E-state index is 0.0464. The van der Waals surface area contributed by atoms with Gasteiger partial charge < -0.3 is 5.32 Å². The standard InChI is InChI=1S/C26H30N2O/c1-2-3-4-5-8-21-10-12-22(13-11-21)23-14-16-24(17-15-23)26(29)28-20-18-25-9-6-7-19-27-25/h6-7,9-17,19H,2-5,8,18,20H2,1H3,(H,28,29). The van der Waals surface area contributed by atoms with Crippen LogP contribution in [0.2, 0.25) is 0 Å². The van der Waals surface area contributed by atoms with Gasteiger partial charge in [-0.1, -0.05) is 68.7 Å². The highest BCUT2D eigenvalue weighted by atomic mass is 16.1. The Kier molecular flexibility index (Phi) is 8.00. The summed E-state index contributed by atoms with van der Waals surface area (Å²) in [6.07, 6.45) is 8.82. The molecule has 0 aliphatic carbocycles. The number of aryl methyl sites for hydroxylation is 1. The third-order valence-electron chi connectivity index (χ3n) is 5.15. The molecule has 0 saturated carbocycles. The molecule has 2 aromatic carbocycles. The molecule has 1 heterocycles. The van der Waals surface area contributed by atoms with Crippen molar-refractivity contribution in [1.29, 1.82) is 0 Å². The van der Waals surface area contributed by atoms with Crippen LogP contribution in [-0.4, -0.2) is 17.4 Å². The zero-order chi connectivity index (χ0) is 20.3. The Morgan fingerprint density at radius 3 is 2.21 bits per heavy atom. The summed E-state index contributed by atoms with van der Waals surface area (Å²) in [7, 11) is 0. The summed E-state index contributed by atoms with van der Waals surface area (Å²) >= 11 is 0. The third kappa shape index (κ3) is 6.56. The van der Waals surface area contributed by atoms with Crippen LogP contribution >= 0.6 is 0 Å². The Morgan fingerprint density at radius 2 is 1.55 bits per heavy atom. The van der Waals surface area contributed by atoms with Crippen LogP contribution < -0.4 is 5.32 Å². The lowest BCUT2D eigenvalue weighted by Crippen LogP contribution is -2.25. The van der Waals surface area contributed by atoms with E-state index in [9.17, 15) is 4.79 Å². The molecule has 1 aromatic heterocycles. The minimum Gasteiger partial charge on any atom is -0.352 e. The summed E-state index contributed by atoms with van der Waals surface area (Å²) in [4.78, 5) is 16.6. The first-order chi connectivity index (χ1) is 14.3. The molecule has 3 nitrogen and oxygen atoms in total. The van der Waals surface area contributed by atoms with Crippen LogP contribution in [0, 0.1) is 0 Å². The number of pyridine rings is 1. The summed E-state index contributed by atoms with van der Waals surface area (Å²) in [6, 6.07) is 22.4. The smallest absolute Gasteiger partial charge is 0.251 e. The van der Waals surface area contributed by atoms with E-state index in [1.165, 1.54) is 36.8 Å². The Hall–Kier alpha value is -2.94. The Bertz CT molecular complexity index is 871. The van der Waals surface area contributed by atoms with E-state index >= 15 is 0 Å². The van der Waals surface area contributed by atoms with Crippen molar-refractivity contribution in [3.63, 3.8) is 0 Å². The van der Waals surface area contributed by atoms with Gasteiger partial charge in [-0.05, 0) is 53.8 Å². The van der Waals surface area contributed by atoms with E-state index in [0.29, 0.717) is 12.1 Å². The molecule has 0 bridgehead atoms. The summed E-state index contributed by atoms with van der Waals surface area (Å²) in [5.41, 5.74) is 5.38. The molecule has 0 aliphatic rings. The number of hydrogen-bond acceptors (Lipinski definition) is 2. The van der Waals surface area contributed by atoms with Gasteiger partial charge in [0, 0.05) is 30.4 Å². The van der Waals surface area contributed by atoms with E-state index in [4.69, 9.17) is 0 Å². The molecule has 0 atom stereocenters. The van der Waals surface area contributed by atoms with Crippen LogP contribution in [0.4, 0.5) is 0 Å². The van der Waals surface area contributed by atoms with Crippen molar-refractivity contribution in [3.05, 3.63) is 89.7 Å². The topological polar surface area (TPSA) is 42.0 Å². The monoisotopic (exact) mass is 386 g/mol. The molecule has 0 aliphatic heterocycles. The summed E-state index contributed by atoms with van der Waals surface area (Å²) in [5, 5.41) is 2.96. The zero-order valence-corrected chi connectivity index (χ0v) is 17.2. The number of aromatic nitrogens is 1. The second kappa shape index (κ2) is 11.2. The van der Waals surface area contributed by atoms with Crippen LogP contribution in [0.5, 0.6) is 0 Å². The maximum atomic E-state index is 12.3. The van der Waals surface area contributed by atoms with Crippen LogP contribution in [0.3, 0.4) is 0 Å². The first-order valence-electron chi connectivity index (χ1n) is 10.6. The van der Waals surface area contributed by atoms with E-state index in [1.54, 1.807) is 6.20 Å². The van der Waals surface area contributed by atoms with Gasteiger partial charge in [-0.2, -0.15) is 0 Å². The van der Waals surface area contributed by atoms with Gasteiger partial charge in [0.05, 0.1) is 0 Å². The molecule has 1 amide bonds. The van der Waals surface area contributed by atoms with Crippen molar-refractivity contribution in [3.8, 4) is 11.1 Å². The molecule has 29 heavy (non-hydrogen) atoms. The summed E-state index contributed by atoms with van der Waals surface area (Å²) < 4.78 is 0. The second-order valence-corrected chi connectivity index (χ2v) is 7.41. The first kappa shape index (κ1) is 20.8. The molecule has 0 saturated heterocycles. The molecule has 3 heteroatoms. The van der Waals surface area contributed by atoms with Gasteiger partial charge in [-0.25, -0.2) is 0 Å². The number of benzene rings is 2. The van der Waals surface area contributed by atoms with Crippen molar-refractivity contribution in [2.75, 3.05) is 6.54 Å². The lowest BCUT2D eigenvalue weighted by molar-refractivity contribution is 0.0954.